The molecule has 0 bridgehead atoms. The van der Waals surface area contributed by atoms with Crippen LogP contribution in [0.1, 0.15) is 24.3 Å². The van der Waals surface area contributed by atoms with Crippen LogP contribution in [0.25, 0.3) is 11.3 Å². The van der Waals surface area contributed by atoms with E-state index in [9.17, 15) is 4.79 Å². The number of nitrogens with zero attached hydrogens (tertiary/aromatic N) is 1. The van der Waals surface area contributed by atoms with Gasteiger partial charge in [0.2, 0.25) is 0 Å². The van der Waals surface area contributed by atoms with Crippen molar-refractivity contribution in [3.8, 4) is 22.8 Å². The molecule has 1 aromatic carbocycles. The van der Waals surface area contributed by atoms with Gasteiger partial charge in [-0.3, -0.25) is 0 Å². The van der Waals surface area contributed by atoms with E-state index in [0.29, 0.717) is 11.4 Å². The van der Waals surface area contributed by atoms with Gasteiger partial charge in [-0.1, -0.05) is 0 Å². The maximum Gasteiger partial charge on any atom is 0.354 e. The fourth-order valence-electron chi connectivity index (χ4n) is 1.86. The van der Waals surface area contributed by atoms with Crippen LogP contribution in [-0.4, -0.2) is 29.3 Å². The number of hydrogen-bond acceptors (Lipinski definition) is 4. The standard InChI is InChI=1S/C16H17NO4/c1-10(2)21-12-6-4-11(5-7-12)14-8-13(20-3)9-15(17-14)16(18)19/h4-10H,1-3H3,(H,18,19). The molecule has 2 aromatic rings. The molecule has 0 radical (unpaired) electrons. The Hall–Kier alpha value is -2.56. The highest BCUT2D eigenvalue weighted by Crippen LogP contribution is 2.25. The Labute approximate surface area is 123 Å². The predicted octanol–water partition coefficient (Wildman–Crippen LogP) is 3.24. The predicted molar refractivity (Wildman–Crippen MR) is 78.9 cm³/mol. The quantitative estimate of drug-likeness (QED) is 0.914. The summed E-state index contributed by atoms with van der Waals surface area (Å²) >= 11 is 0. The minimum Gasteiger partial charge on any atom is -0.497 e. The monoisotopic (exact) mass is 287 g/mol. The largest absolute Gasteiger partial charge is 0.497 e. The Morgan fingerprint density at radius 2 is 1.81 bits per heavy atom. The summed E-state index contributed by atoms with van der Waals surface area (Å²) in [5, 5.41) is 9.08. The lowest BCUT2D eigenvalue weighted by Gasteiger charge is -2.10. The Balaban J connectivity index is 2.36. The Kier molecular flexibility index (Phi) is 4.42. The van der Waals surface area contributed by atoms with Crippen molar-refractivity contribution >= 4 is 5.97 Å². The summed E-state index contributed by atoms with van der Waals surface area (Å²) in [6.07, 6.45) is 0.101. The van der Waals surface area contributed by atoms with Crippen LogP contribution in [0.4, 0.5) is 0 Å². The lowest BCUT2D eigenvalue weighted by Crippen LogP contribution is -2.05. The summed E-state index contributed by atoms with van der Waals surface area (Å²) in [6, 6.07) is 10.4. The summed E-state index contributed by atoms with van der Waals surface area (Å²) < 4.78 is 10.7. The summed E-state index contributed by atoms with van der Waals surface area (Å²) in [5.74, 6) is 0.130. The number of benzene rings is 1. The van der Waals surface area contributed by atoms with Crippen molar-refractivity contribution in [3.63, 3.8) is 0 Å². The number of carboxylic acid groups (broad SMARTS) is 1. The molecule has 2 rings (SSSR count). The van der Waals surface area contributed by atoms with Crippen LogP contribution in [-0.2, 0) is 0 Å². The van der Waals surface area contributed by atoms with Gasteiger partial charge in [0.05, 0.1) is 18.9 Å². The molecule has 1 N–H and O–H groups in total. The fourth-order valence-corrected chi connectivity index (χ4v) is 1.86. The van der Waals surface area contributed by atoms with Crippen LogP contribution in [0.2, 0.25) is 0 Å². The highest BCUT2D eigenvalue weighted by molar-refractivity contribution is 5.86. The molecule has 0 aliphatic rings. The van der Waals surface area contributed by atoms with Gasteiger partial charge in [-0.2, -0.15) is 0 Å². The molecule has 0 atom stereocenters. The molecule has 0 amide bonds. The molecule has 5 heteroatoms. The van der Waals surface area contributed by atoms with E-state index in [4.69, 9.17) is 14.6 Å². The van der Waals surface area contributed by atoms with Crippen molar-refractivity contribution in [3.05, 3.63) is 42.1 Å². The third-order valence-corrected chi connectivity index (χ3v) is 2.78. The van der Waals surface area contributed by atoms with Gasteiger partial charge < -0.3 is 14.6 Å². The molecule has 0 aliphatic heterocycles. The Morgan fingerprint density at radius 1 is 1.14 bits per heavy atom. The number of carboxylic acids is 1. The van der Waals surface area contributed by atoms with E-state index < -0.39 is 5.97 Å². The highest BCUT2D eigenvalue weighted by atomic mass is 16.5. The number of aromatic nitrogens is 1. The van der Waals surface area contributed by atoms with Crippen LogP contribution < -0.4 is 9.47 Å². The molecule has 0 saturated heterocycles. The van der Waals surface area contributed by atoms with E-state index in [-0.39, 0.29) is 11.8 Å². The van der Waals surface area contributed by atoms with E-state index in [2.05, 4.69) is 4.98 Å². The summed E-state index contributed by atoms with van der Waals surface area (Å²) in [4.78, 5) is 15.2. The van der Waals surface area contributed by atoms with Gasteiger partial charge >= 0.3 is 5.97 Å². The van der Waals surface area contributed by atoms with E-state index in [1.165, 1.54) is 13.2 Å². The second-order valence-corrected chi connectivity index (χ2v) is 4.77. The maximum absolute atomic E-state index is 11.1. The van der Waals surface area contributed by atoms with Crippen molar-refractivity contribution in [2.75, 3.05) is 7.11 Å². The molecule has 1 heterocycles. The number of hydrogen-bond donors (Lipinski definition) is 1. The second-order valence-electron chi connectivity index (χ2n) is 4.77. The molecule has 5 nitrogen and oxygen atoms in total. The van der Waals surface area contributed by atoms with Crippen molar-refractivity contribution in [1.82, 2.24) is 4.98 Å². The van der Waals surface area contributed by atoms with Crippen LogP contribution in [0.5, 0.6) is 11.5 Å². The maximum atomic E-state index is 11.1. The zero-order valence-corrected chi connectivity index (χ0v) is 12.2. The topological polar surface area (TPSA) is 68.7 Å². The Morgan fingerprint density at radius 3 is 2.33 bits per heavy atom. The van der Waals surface area contributed by atoms with Gasteiger partial charge in [-0.25, -0.2) is 9.78 Å². The zero-order valence-electron chi connectivity index (χ0n) is 12.2. The van der Waals surface area contributed by atoms with E-state index in [0.717, 1.165) is 11.3 Å². The van der Waals surface area contributed by atoms with Gasteiger partial charge in [0.25, 0.3) is 0 Å². The zero-order chi connectivity index (χ0) is 15.4. The average molecular weight is 287 g/mol. The molecule has 1 aromatic heterocycles. The molecule has 110 valence electrons. The minimum atomic E-state index is -1.09. The number of rotatable bonds is 5. The van der Waals surface area contributed by atoms with Crippen molar-refractivity contribution in [1.29, 1.82) is 0 Å². The third-order valence-electron chi connectivity index (χ3n) is 2.78. The molecule has 0 saturated carbocycles. The highest BCUT2D eigenvalue weighted by Gasteiger charge is 2.11. The summed E-state index contributed by atoms with van der Waals surface area (Å²) in [6.45, 7) is 3.91. The molecule has 21 heavy (non-hydrogen) atoms. The minimum absolute atomic E-state index is 0.0492. The molecule has 0 spiro atoms. The first-order valence-electron chi connectivity index (χ1n) is 6.56. The first kappa shape index (κ1) is 14.8. The number of methoxy groups -OCH3 is 1. The van der Waals surface area contributed by atoms with Crippen LogP contribution in [0.3, 0.4) is 0 Å². The number of ether oxygens (including phenoxy) is 2. The molecule has 0 unspecified atom stereocenters. The third kappa shape index (κ3) is 3.72. The smallest absolute Gasteiger partial charge is 0.354 e. The van der Waals surface area contributed by atoms with E-state index >= 15 is 0 Å². The SMILES string of the molecule is COc1cc(C(=O)O)nc(-c2ccc(OC(C)C)cc2)c1. The molecular formula is C16H17NO4. The van der Waals surface area contributed by atoms with Crippen LogP contribution in [0.15, 0.2) is 36.4 Å². The van der Waals surface area contributed by atoms with Gasteiger partial charge in [-0.05, 0) is 38.1 Å². The van der Waals surface area contributed by atoms with Gasteiger partial charge in [0, 0.05) is 17.7 Å². The molecular weight excluding hydrogens is 270 g/mol. The average Bonchev–Trinajstić information content (AvgIpc) is 2.46. The van der Waals surface area contributed by atoms with Crippen molar-refractivity contribution in [2.45, 2.75) is 20.0 Å². The first-order valence-corrected chi connectivity index (χ1v) is 6.56. The first-order chi connectivity index (χ1) is 9.99. The van der Waals surface area contributed by atoms with Crippen LogP contribution in [0, 0.1) is 0 Å². The lowest BCUT2D eigenvalue weighted by molar-refractivity contribution is 0.0690. The van der Waals surface area contributed by atoms with Crippen molar-refractivity contribution in [2.24, 2.45) is 0 Å². The summed E-state index contributed by atoms with van der Waals surface area (Å²) in [7, 11) is 1.49. The van der Waals surface area contributed by atoms with Gasteiger partial charge in [-0.15, -0.1) is 0 Å². The molecule has 0 fully saturated rings. The second kappa shape index (κ2) is 6.26. The summed E-state index contributed by atoms with van der Waals surface area (Å²) in [5.41, 5.74) is 1.29. The van der Waals surface area contributed by atoms with Crippen molar-refractivity contribution < 1.29 is 19.4 Å². The normalized spacial score (nSPS) is 10.5. The molecule has 0 aliphatic carbocycles. The fraction of sp³-hybridized carbons (Fsp3) is 0.250. The number of carbonyl (C=O) groups is 1. The number of pyridine rings is 1. The van der Waals surface area contributed by atoms with Gasteiger partial charge in [0.1, 0.15) is 11.5 Å². The number of aromatic carboxylic acids is 1. The lowest BCUT2D eigenvalue weighted by atomic mass is 10.1. The van der Waals surface area contributed by atoms with Crippen LogP contribution >= 0.6 is 0 Å². The Bertz CT molecular complexity index is 635. The van der Waals surface area contributed by atoms with Gasteiger partial charge in [0.15, 0.2) is 5.69 Å². The van der Waals surface area contributed by atoms with E-state index in [1.807, 2.05) is 38.1 Å². The van der Waals surface area contributed by atoms with E-state index in [1.54, 1.807) is 6.07 Å².